The van der Waals surface area contributed by atoms with Crippen molar-refractivity contribution < 1.29 is 19.4 Å². The SMILES string of the molecule is COc1cc(/C=N\NC(=O)[C@H](O)c2ccccc2)cc(Br)c1OCc1ccc(Cl)cc1Cl. The van der Waals surface area contributed by atoms with Crippen LogP contribution in [0.5, 0.6) is 11.5 Å². The van der Waals surface area contributed by atoms with Gasteiger partial charge in [-0.25, -0.2) is 5.43 Å². The Morgan fingerprint density at radius 3 is 2.62 bits per heavy atom. The van der Waals surface area contributed by atoms with Gasteiger partial charge in [0.2, 0.25) is 0 Å². The lowest BCUT2D eigenvalue weighted by atomic mass is 10.1. The van der Waals surface area contributed by atoms with Crippen molar-refractivity contribution >= 4 is 51.3 Å². The maximum atomic E-state index is 12.1. The molecule has 0 spiro atoms. The van der Waals surface area contributed by atoms with Crippen LogP contribution in [0.3, 0.4) is 0 Å². The normalized spacial score (nSPS) is 11.9. The molecule has 1 amide bonds. The van der Waals surface area contributed by atoms with Crippen molar-refractivity contribution in [3.63, 3.8) is 0 Å². The molecule has 0 fully saturated rings. The molecule has 0 heterocycles. The lowest BCUT2D eigenvalue weighted by Crippen LogP contribution is -2.25. The number of hydrogen-bond donors (Lipinski definition) is 2. The van der Waals surface area contributed by atoms with Crippen molar-refractivity contribution in [2.24, 2.45) is 5.10 Å². The summed E-state index contributed by atoms with van der Waals surface area (Å²) in [6, 6.07) is 17.2. The number of methoxy groups -OCH3 is 1. The van der Waals surface area contributed by atoms with Gasteiger partial charge in [0.05, 0.1) is 17.8 Å². The van der Waals surface area contributed by atoms with Crippen LogP contribution in [0.1, 0.15) is 22.8 Å². The number of amides is 1. The van der Waals surface area contributed by atoms with Gasteiger partial charge in [0.15, 0.2) is 17.6 Å². The third-order valence-electron chi connectivity index (χ3n) is 4.39. The number of halogens is 3. The third kappa shape index (κ3) is 6.23. The van der Waals surface area contributed by atoms with Gasteiger partial charge in [-0.2, -0.15) is 5.10 Å². The third-order valence-corrected chi connectivity index (χ3v) is 5.57. The van der Waals surface area contributed by atoms with E-state index in [9.17, 15) is 9.90 Å². The highest BCUT2D eigenvalue weighted by Crippen LogP contribution is 2.37. The molecule has 0 saturated heterocycles. The molecular formula is C23H19BrCl2N2O4. The van der Waals surface area contributed by atoms with Crippen molar-refractivity contribution in [3.8, 4) is 11.5 Å². The van der Waals surface area contributed by atoms with Crippen molar-refractivity contribution in [2.75, 3.05) is 7.11 Å². The van der Waals surface area contributed by atoms with Crippen LogP contribution in [0.2, 0.25) is 10.0 Å². The highest BCUT2D eigenvalue weighted by molar-refractivity contribution is 9.10. The van der Waals surface area contributed by atoms with Gasteiger partial charge in [0.25, 0.3) is 5.91 Å². The molecule has 0 aliphatic heterocycles. The quantitative estimate of drug-likeness (QED) is 0.292. The van der Waals surface area contributed by atoms with E-state index in [2.05, 4.69) is 26.5 Å². The summed E-state index contributed by atoms with van der Waals surface area (Å²) in [5, 5.41) is 15.1. The van der Waals surface area contributed by atoms with Gasteiger partial charge in [-0.05, 0) is 51.3 Å². The number of carbonyl (C=O) groups is 1. The molecule has 0 bridgehead atoms. The predicted molar refractivity (Wildman–Crippen MR) is 129 cm³/mol. The van der Waals surface area contributed by atoms with Gasteiger partial charge in [0.1, 0.15) is 6.61 Å². The summed E-state index contributed by atoms with van der Waals surface area (Å²) in [6.07, 6.45) is 0.119. The monoisotopic (exact) mass is 536 g/mol. The number of ether oxygens (including phenoxy) is 2. The zero-order valence-corrected chi connectivity index (χ0v) is 20.0. The van der Waals surface area contributed by atoms with Crippen molar-refractivity contribution in [1.82, 2.24) is 5.43 Å². The van der Waals surface area contributed by atoms with Crippen LogP contribution in [0.15, 0.2) is 70.2 Å². The van der Waals surface area contributed by atoms with Crippen LogP contribution in [-0.2, 0) is 11.4 Å². The van der Waals surface area contributed by atoms with Gasteiger partial charge in [0, 0.05) is 15.6 Å². The second-order valence-electron chi connectivity index (χ2n) is 6.61. The lowest BCUT2D eigenvalue weighted by molar-refractivity contribution is -0.129. The Morgan fingerprint density at radius 2 is 1.94 bits per heavy atom. The van der Waals surface area contributed by atoms with Crippen LogP contribution in [0, 0.1) is 0 Å². The molecule has 3 aromatic rings. The molecule has 2 N–H and O–H groups in total. The molecule has 0 unspecified atom stereocenters. The molecule has 9 heteroatoms. The van der Waals surface area contributed by atoms with Crippen LogP contribution >= 0.6 is 39.1 Å². The number of carbonyl (C=O) groups excluding carboxylic acids is 1. The van der Waals surface area contributed by atoms with Crippen molar-refractivity contribution in [3.05, 3.63) is 91.9 Å². The molecule has 6 nitrogen and oxygen atoms in total. The number of aliphatic hydroxyl groups is 1. The second-order valence-corrected chi connectivity index (χ2v) is 8.30. The summed E-state index contributed by atoms with van der Waals surface area (Å²) < 4.78 is 12.0. The average Bonchev–Trinajstić information content (AvgIpc) is 2.79. The van der Waals surface area contributed by atoms with Crippen LogP contribution in [0.4, 0.5) is 0 Å². The van der Waals surface area contributed by atoms with Gasteiger partial charge in [-0.3, -0.25) is 4.79 Å². The summed E-state index contributed by atoms with van der Waals surface area (Å²) in [7, 11) is 1.52. The molecule has 3 rings (SSSR count). The topological polar surface area (TPSA) is 80.2 Å². The number of aliphatic hydroxyl groups excluding tert-OH is 1. The maximum absolute atomic E-state index is 12.1. The van der Waals surface area contributed by atoms with E-state index in [4.69, 9.17) is 32.7 Å². The second kappa shape index (κ2) is 11.3. The first-order chi connectivity index (χ1) is 15.4. The van der Waals surface area contributed by atoms with Crippen LogP contribution in [-0.4, -0.2) is 24.3 Å². The smallest absolute Gasteiger partial charge is 0.273 e. The fourth-order valence-corrected chi connectivity index (χ4v) is 3.80. The molecule has 3 aromatic carbocycles. The van der Waals surface area contributed by atoms with E-state index in [1.54, 1.807) is 60.7 Å². The van der Waals surface area contributed by atoms with Gasteiger partial charge in [-0.1, -0.05) is 59.6 Å². The van der Waals surface area contributed by atoms with Crippen LogP contribution in [0.25, 0.3) is 0 Å². The first kappa shape index (κ1) is 24.1. The summed E-state index contributed by atoms with van der Waals surface area (Å²) in [5.41, 5.74) is 4.22. The van der Waals surface area contributed by atoms with Gasteiger partial charge in [-0.15, -0.1) is 0 Å². The standard InChI is InChI=1S/C23H19BrCl2N2O4/c1-31-20-10-14(12-27-28-23(30)21(29)15-5-3-2-4-6-15)9-18(24)22(20)32-13-16-7-8-17(25)11-19(16)26/h2-12,21,29H,13H2,1H3,(H,28,30)/b27-12-/t21-/m1/s1. The number of nitrogens with one attached hydrogen (secondary N) is 1. The lowest BCUT2D eigenvalue weighted by Gasteiger charge is -2.14. The van der Waals surface area contributed by atoms with E-state index in [1.165, 1.54) is 13.3 Å². The Balaban J connectivity index is 1.68. The van der Waals surface area contributed by atoms with Crippen LogP contribution < -0.4 is 14.9 Å². The fraction of sp³-hybridized carbons (Fsp3) is 0.130. The summed E-state index contributed by atoms with van der Waals surface area (Å²) in [5.74, 6) is 0.305. The first-order valence-corrected chi connectivity index (χ1v) is 10.9. The Morgan fingerprint density at radius 1 is 1.19 bits per heavy atom. The molecule has 166 valence electrons. The zero-order valence-electron chi connectivity index (χ0n) is 16.9. The van der Waals surface area contributed by atoms with E-state index in [1.807, 2.05) is 0 Å². The summed E-state index contributed by atoms with van der Waals surface area (Å²) >= 11 is 15.6. The van der Waals surface area contributed by atoms with Gasteiger partial charge >= 0.3 is 0 Å². The Kier molecular flexibility index (Phi) is 8.53. The highest BCUT2D eigenvalue weighted by Gasteiger charge is 2.16. The molecule has 0 aromatic heterocycles. The van der Waals surface area contributed by atoms with Crippen molar-refractivity contribution in [2.45, 2.75) is 12.7 Å². The van der Waals surface area contributed by atoms with E-state index in [-0.39, 0.29) is 6.61 Å². The molecule has 0 aliphatic rings. The first-order valence-electron chi connectivity index (χ1n) is 9.39. The molecule has 0 aliphatic carbocycles. The Labute approximate surface area is 203 Å². The summed E-state index contributed by atoms with van der Waals surface area (Å²) in [6.45, 7) is 0.214. The molecule has 1 atom stereocenters. The van der Waals surface area contributed by atoms with E-state index < -0.39 is 12.0 Å². The maximum Gasteiger partial charge on any atom is 0.273 e. The summed E-state index contributed by atoms with van der Waals surface area (Å²) in [4.78, 5) is 12.1. The van der Waals surface area contributed by atoms with Gasteiger partial charge < -0.3 is 14.6 Å². The van der Waals surface area contributed by atoms with E-state index >= 15 is 0 Å². The fourth-order valence-electron chi connectivity index (χ4n) is 2.76. The minimum absolute atomic E-state index is 0.214. The Hall–Kier alpha value is -2.58. The number of benzene rings is 3. The number of hydrogen-bond acceptors (Lipinski definition) is 5. The van der Waals surface area contributed by atoms with E-state index in [0.717, 1.165) is 5.56 Å². The minimum Gasteiger partial charge on any atom is -0.493 e. The molecule has 32 heavy (non-hydrogen) atoms. The Bertz CT molecular complexity index is 1130. The van der Waals surface area contributed by atoms with E-state index in [0.29, 0.717) is 37.1 Å². The molecular weight excluding hydrogens is 519 g/mol. The number of rotatable bonds is 8. The largest absolute Gasteiger partial charge is 0.493 e. The van der Waals surface area contributed by atoms with Crippen molar-refractivity contribution in [1.29, 1.82) is 0 Å². The molecule has 0 saturated carbocycles. The number of hydrazone groups is 1. The highest BCUT2D eigenvalue weighted by atomic mass is 79.9. The average molecular weight is 538 g/mol. The molecule has 0 radical (unpaired) electrons. The number of nitrogens with zero attached hydrogens (tertiary/aromatic N) is 1. The minimum atomic E-state index is -1.31. The zero-order chi connectivity index (χ0) is 23.1. The predicted octanol–water partition coefficient (Wildman–Crippen LogP) is 5.53.